The van der Waals surface area contributed by atoms with Crippen molar-refractivity contribution in [1.29, 1.82) is 0 Å². The zero-order valence-electron chi connectivity index (χ0n) is 17.2. The van der Waals surface area contributed by atoms with Gasteiger partial charge < -0.3 is 5.32 Å². The van der Waals surface area contributed by atoms with Crippen molar-refractivity contribution in [3.8, 4) is 0 Å². The molecule has 0 radical (unpaired) electrons. The molecule has 1 amide bonds. The molecular weight excluding hydrogens is 396 g/mol. The first kappa shape index (κ1) is 21.6. The average Bonchev–Trinajstić information content (AvgIpc) is 2.76. The standard InChI is InChI=1S/C24H26N2O3S/c1-19-10-8-11-20(18-19)12-9-17-25-24(27)22-15-6-7-16-23(22)26(2)30(28,29)21-13-4-3-5-14-21/h3-8,10-11,13-16,18H,9,12,17H2,1-2H3,(H,25,27). The second kappa shape index (κ2) is 9.59. The van der Waals surface area contributed by atoms with E-state index < -0.39 is 10.0 Å². The third-order valence-electron chi connectivity index (χ3n) is 4.90. The maximum Gasteiger partial charge on any atom is 0.264 e. The first-order chi connectivity index (χ1) is 14.4. The molecule has 30 heavy (non-hydrogen) atoms. The fourth-order valence-corrected chi connectivity index (χ4v) is 4.51. The van der Waals surface area contributed by atoms with Crippen molar-refractivity contribution in [2.45, 2.75) is 24.7 Å². The highest BCUT2D eigenvalue weighted by Crippen LogP contribution is 2.25. The molecule has 0 unspecified atom stereocenters. The molecule has 0 aliphatic rings. The number of carbonyl (C=O) groups excluding carboxylic acids is 1. The number of rotatable bonds is 8. The molecule has 0 aliphatic heterocycles. The van der Waals surface area contributed by atoms with Crippen molar-refractivity contribution in [1.82, 2.24) is 5.32 Å². The number of aryl methyl sites for hydroxylation is 2. The van der Waals surface area contributed by atoms with E-state index in [1.54, 1.807) is 54.6 Å². The van der Waals surface area contributed by atoms with Crippen LogP contribution in [0.5, 0.6) is 0 Å². The Morgan fingerprint density at radius 3 is 2.37 bits per heavy atom. The second-order valence-corrected chi connectivity index (χ2v) is 9.12. The number of amides is 1. The van der Waals surface area contributed by atoms with Crippen LogP contribution in [-0.4, -0.2) is 27.9 Å². The molecule has 0 heterocycles. The van der Waals surface area contributed by atoms with Crippen LogP contribution >= 0.6 is 0 Å². The van der Waals surface area contributed by atoms with Crippen LogP contribution in [0.15, 0.2) is 83.8 Å². The van der Waals surface area contributed by atoms with Gasteiger partial charge in [0.05, 0.1) is 16.1 Å². The van der Waals surface area contributed by atoms with Crippen molar-refractivity contribution >= 4 is 21.6 Å². The van der Waals surface area contributed by atoms with E-state index in [9.17, 15) is 13.2 Å². The Bertz CT molecular complexity index is 1110. The molecule has 3 aromatic carbocycles. The lowest BCUT2D eigenvalue weighted by molar-refractivity contribution is 0.0954. The molecule has 3 aromatic rings. The van der Waals surface area contributed by atoms with Gasteiger partial charge in [-0.05, 0) is 49.6 Å². The van der Waals surface area contributed by atoms with E-state index >= 15 is 0 Å². The SMILES string of the molecule is Cc1cccc(CCCNC(=O)c2ccccc2N(C)S(=O)(=O)c2ccccc2)c1. The normalized spacial score (nSPS) is 11.1. The molecule has 0 aromatic heterocycles. The lowest BCUT2D eigenvalue weighted by atomic mass is 10.1. The summed E-state index contributed by atoms with van der Waals surface area (Å²) in [6, 6.07) is 23.2. The number of sulfonamides is 1. The Kier molecular flexibility index (Phi) is 6.90. The van der Waals surface area contributed by atoms with Crippen LogP contribution in [-0.2, 0) is 16.4 Å². The number of benzene rings is 3. The lowest BCUT2D eigenvalue weighted by Crippen LogP contribution is -2.31. The van der Waals surface area contributed by atoms with Crippen LogP contribution in [0.25, 0.3) is 0 Å². The minimum Gasteiger partial charge on any atom is -0.352 e. The summed E-state index contributed by atoms with van der Waals surface area (Å²) in [5, 5.41) is 2.91. The predicted molar refractivity (Wildman–Crippen MR) is 120 cm³/mol. The maximum absolute atomic E-state index is 12.9. The van der Waals surface area contributed by atoms with Gasteiger partial charge in [0.25, 0.3) is 15.9 Å². The van der Waals surface area contributed by atoms with E-state index in [2.05, 4.69) is 30.4 Å². The molecule has 0 saturated carbocycles. The Morgan fingerprint density at radius 1 is 0.933 bits per heavy atom. The Labute approximate surface area is 178 Å². The van der Waals surface area contributed by atoms with Crippen molar-refractivity contribution in [2.75, 3.05) is 17.9 Å². The van der Waals surface area contributed by atoms with Gasteiger partial charge in [0.2, 0.25) is 0 Å². The van der Waals surface area contributed by atoms with Crippen molar-refractivity contribution in [2.24, 2.45) is 0 Å². The molecular formula is C24H26N2O3S. The summed E-state index contributed by atoms with van der Waals surface area (Å²) in [4.78, 5) is 12.9. The smallest absolute Gasteiger partial charge is 0.264 e. The van der Waals surface area contributed by atoms with Crippen molar-refractivity contribution in [3.05, 3.63) is 95.6 Å². The van der Waals surface area contributed by atoms with Crippen molar-refractivity contribution < 1.29 is 13.2 Å². The third-order valence-corrected chi connectivity index (χ3v) is 6.69. The van der Waals surface area contributed by atoms with Gasteiger partial charge in [0.1, 0.15) is 0 Å². The summed E-state index contributed by atoms with van der Waals surface area (Å²) >= 11 is 0. The summed E-state index contributed by atoms with van der Waals surface area (Å²) in [5.41, 5.74) is 3.12. The molecule has 5 nitrogen and oxygen atoms in total. The summed E-state index contributed by atoms with van der Waals surface area (Å²) < 4.78 is 27.0. The summed E-state index contributed by atoms with van der Waals surface area (Å²) in [6.07, 6.45) is 1.67. The van der Waals surface area contributed by atoms with Gasteiger partial charge in [-0.3, -0.25) is 9.10 Å². The number of carbonyl (C=O) groups is 1. The number of hydrogen-bond acceptors (Lipinski definition) is 3. The Hall–Kier alpha value is -3.12. The largest absolute Gasteiger partial charge is 0.352 e. The van der Waals surface area contributed by atoms with Gasteiger partial charge in [0, 0.05) is 13.6 Å². The van der Waals surface area contributed by atoms with Gasteiger partial charge in [0.15, 0.2) is 0 Å². The fourth-order valence-electron chi connectivity index (χ4n) is 3.28. The topological polar surface area (TPSA) is 66.5 Å². The molecule has 1 N–H and O–H groups in total. The Balaban J connectivity index is 1.69. The highest BCUT2D eigenvalue weighted by atomic mass is 32.2. The van der Waals surface area contributed by atoms with E-state index in [-0.39, 0.29) is 10.8 Å². The first-order valence-electron chi connectivity index (χ1n) is 9.86. The third kappa shape index (κ3) is 5.07. The first-order valence-corrected chi connectivity index (χ1v) is 11.3. The summed E-state index contributed by atoms with van der Waals surface area (Å²) in [7, 11) is -2.30. The molecule has 0 fully saturated rings. The van der Waals surface area contributed by atoms with Gasteiger partial charge in [-0.1, -0.05) is 60.2 Å². The van der Waals surface area contributed by atoms with E-state index in [0.29, 0.717) is 17.8 Å². The van der Waals surface area contributed by atoms with Gasteiger partial charge in [-0.2, -0.15) is 0 Å². The maximum atomic E-state index is 12.9. The zero-order valence-corrected chi connectivity index (χ0v) is 18.0. The lowest BCUT2D eigenvalue weighted by Gasteiger charge is -2.22. The minimum atomic E-state index is -3.76. The number of nitrogens with zero attached hydrogens (tertiary/aromatic N) is 1. The number of nitrogens with one attached hydrogen (secondary N) is 1. The molecule has 156 valence electrons. The highest BCUT2D eigenvalue weighted by Gasteiger charge is 2.24. The molecule has 0 aliphatic carbocycles. The van der Waals surface area contributed by atoms with Crippen LogP contribution in [0.2, 0.25) is 0 Å². The predicted octanol–water partition coefficient (Wildman–Crippen LogP) is 4.18. The molecule has 6 heteroatoms. The number of anilines is 1. The fraction of sp³-hybridized carbons (Fsp3) is 0.208. The summed E-state index contributed by atoms with van der Waals surface area (Å²) in [5.74, 6) is -0.287. The molecule has 0 spiro atoms. The van der Waals surface area contributed by atoms with Crippen LogP contribution in [0.4, 0.5) is 5.69 Å². The monoisotopic (exact) mass is 422 g/mol. The Morgan fingerprint density at radius 2 is 1.63 bits per heavy atom. The van der Waals surface area contributed by atoms with Gasteiger partial charge >= 0.3 is 0 Å². The second-order valence-electron chi connectivity index (χ2n) is 7.15. The van der Waals surface area contributed by atoms with Crippen LogP contribution in [0, 0.1) is 6.92 Å². The van der Waals surface area contributed by atoms with Crippen LogP contribution in [0.3, 0.4) is 0 Å². The van der Waals surface area contributed by atoms with E-state index in [0.717, 1.165) is 17.1 Å². The van der Waals surface area contributed by atoms with E-state index in [1.165, 1.54) is 18.2 Å². The molecule has 0 saturated heterocycles. The molecule has 0 bridgehead atoms. The number of hydrogen-bond donors (Lipinski definition) is 1. The van der Waals surface area contributed by atoms with E-state index in [1.807, 2.05) is 6.07 Å². The van der Waals surface area contributed by atoms with Crippen LogP contribution < -0.4 is 9.62 Å². The van der Waals surface area contributed by atoms with E-state index in [4.69, 9.17) is 0 Å². The van der Waals surface area contributed by atoms with Gasteiger partial charge in [-0.25, -0.2) is 8.42 Å². The highest BCUT2D eigenvalue weighted by molar-refractivity contribution is 7.92. The van der Waals surface area contributed by atoms with Crippen LogP contribution in [0.1, 0.15) is 27.9 Å². The minimum absolute atomic E-state index is 0.181. The molecule has 0 atom stereocenters. The zero-order chi connectivity index (χ0) is 21.6. The van der Waals surface area contributed by atoms with Gasteiger partial charge in [-0.15, -0.1) is 0 Å². The summed E-state index contributed by atoms with van der Waals surface area (Å²) in [6.45, 7) is 2.57. The number of para-hydroxylation sites is 1. The quantitative estimate of drug-likeness (QED) is 0.554. The van der Waals surface area contributed by atoms with Crippen molar-refractivity contribution in [3.63, 3.8) is 0 Å². The molecule has 3 rings (SSSR count). The average molecular weight is 423 g/mol.